The Labute approximate surface area is 146 Å². The number of aromatic nitrogens is 1. The highest BCUT2D eigenvalue weighted by Gasteiger charge is 2.09. The summed E-state index contributed by atoms with van der Waals surface area (Å²) in [6, 6.07) is 22.2. The predicted octanol–water partition coefficient (Wildman–Crippen LogP) is 5.43. The van der Waals surface area contributed by atoms with Crippen LogP contribution < -0.4 is 5.14 Å². The molecule has 3 aromatic carbocycles. The molecule has 0 fully saturated rings. The van der Waals surface area contributed by atoms with Crippen molar-refractivity contribution in [1.82, 2.24) is 4.98 Å². The third kappa shape index (κ3) is 2.36. The second kappa shape index (κ2) is 5.58. The van der Waals surface area contributed by atoms with Crippen LogP contribution in [0, 0.1) is 0 Å². The number of aromatic amines is 1. The van der Waals surface area contributed by atoms with E-state index in [4.69, 9.17) is 13.9 Å². The summed E-state index contributed by atoms with van der Waals surface area (Å²) in [6.45, 7) is 0. The van der Waals surface area contributed by atoms with E-state index in [0.29, 0.717) is 0 Å². The summed E-state index contributed by atoms with van der Waals surface area (Å²) < 4.78 is 10.7. The molecule has 5 aromatic rings. The first-order valence-electron chi connectivity index (χ1n) is 7.97. The molecule has 3 N–H and O–H groups in total. The van der Waals surface area contributed by atoms with Gasteiger partial charge >= 0.3 is 0 Å². The molecular weight excluding hydrogens is 330 g/mol. The van der Waals surface area contributed by atoms with E-state index >= 15 is 0 Å². The highest BCUT2D eigenvalue weighted by Crippen LogP contribution is 2.31. The summed E-state index contributed by atoms with van der Waals surface area (Å²) in [6.07, 6.45) is 1.90. The lowest BCUT2D eigenvalue weighted by molar-refractivity contribution is 0.668. The summed E-state index contributed by atoms with van der Waals surface area (Å²) in [5.74, 6) is 0. The number of nitrogens with one attached hydrogen (secondary N) is 1. The lowest BCUT2D eigenvalue weighted by Gasteiger charge is -2.02. The van der Waals surface area contributed by atoms with Gasteiger partial charge in [-0.15, -0.1) is 0 Å². The number of hydrogen-bond donors (Lipinski definition) is 2. The molecule has 1 unspecified atom stereocenters. The van der Waals surface area contributed by atoms with Gasteiger partial charge in [-0.2, -0.15) is 0 Å². The lowest BCUT2D eigenvalue weighted by Crippen LogP contribution is -2.02. The molecule has 5 rings (SSSR count). The fourth-order valence-corrected chi connectivity index (χ4v) is 4.03. The van der Waals surface area contributed by atoms with E-state index in [2.05, 4.69) is 17.1 Å². The van der Waals surface area contributed by atoms with Crippen LogP contribution in [0.25, 0.3) is 32.8 Å². The molecule has 1 atom stereocenters. The first-order chi connectivity index (χ1) is 12.3. The summed E-state index contributed by atoms with van der Waals surface area (Å²) in [4.78, 5) is 4.18. The molecule has 0 aliphatic carbocycles. The van der Waals surface area contributed by atoms with Gasteiger partial charge in [-0.05, 0) is 30.3 Å². The minimum absolute atomic E-state index is 0.751. The number of nitrogens with two attached hydrogens (primary N) is 1. The van der Waals surface area contributed by atoms with Crippen LogP contribution in [0.3, 0.4) is 0 Å². The van der Waals surface area contributed by atoms with Gasteiger partial charge < -0.3 is 9.40 Å². The molecule has 0 saturated carbocycles. The third-order valence-corrected chi connectivity index (χ3v) is 5.49. The molecule has 0 radical (unpaired) electrons. The zero-order valence-electron chi connectivity index (χ0n) is 13.3. The van der Waals surface area contributed by atoms with E-state index in [-0.39, 0.29) is 0 Å². The summed E-state index contributed by atoms with van der Waals surface area (Å²) >= 11 is 0. The summed E-state index contributed by atoms with van der Waals surface area (Å²) in [5.41, 5.74) is 3.67. The zero-order chi connectivity index (χ0) is 16.8. The molecule has 0 aliphatic heterocycles. The van der Waals surface area contributed by atoms with E-state index in [1.165, 1.54) is 0 Å². The second-order valence-electron chi connectivity index (χ2n) is 5.88. The minimum atomic E-state index is -0.751. The van der Waals surface area contributed by atoms with Gasteiger partial charge in [0.15, 0.2) is 0 Å². The molecule has 4 nitrogen and oxygen atoms in total. The number of furan rings is 1. The number of nitrogens with zero attached hydrogens (tertiary/aromatic N) is 1. The molecule has 5 heteroatoms. The molecule has 0 aliphatic rings. The Morgan fingerprint density at radius 1 is 0.840 bits per heavy atom. The van der Waals surface area contributed by atoms with Gasteiger partial charge in [0.05, 0.1) is 5.69 Å². The van der Waals surface area contributed by atoms with Crippen LogP contribution in [0.15, 0.2) is 86.6 Å². The van der Waals surface area contributed by atoms with Crippen molar-refractivity contribution in [2.45, 2.75) is 4.90 Å². The molecule has 2 aromatic heterocycles. The molecule has 25 heavy (non-hydrogen) atoms. The lowest BCUT2D eigenvalue weighted by atomic mass is 10.2. The molecule has 2 heterocycles. The van der Waals surface area contributed by atoms with Crippen molar-refractivity contribution in [3.05, 3.63) is 72.9 Å². The maximum atomic E-state index is 6.37. The fourth-order valence-electron chi connectivity index (χ4n) is 3.13. The van der Waals surface area contributed by atoms with E-state index in [0.717, 1.165) is 43.4 Å². The Morgan fingerprint density at radius 2 is 1.60 bits per heavy atom. The Morgan fingerprint density at radius 3 is 2.52 bits per heavy atom. The first kappa shape index (κ1) is 14.5. The highest BCUT2D eigenvalue weighted by molar-refractivity contribution is 7.85. The van der Waals surface area contributed by atoms with Crippen LogP contribution >= 0.6 is 0 Å². The van der Waals surface area contributed by atoms with Crippen molar-refractivity contribution in [3.63, 3.8) is 0 Å². The van der Waals surface area contributed by atoms with Gasteiger partial charge in [0.2, 0.25) is 0 Å². The summed E-state index contributed by atoms with van der Waals surface area (Å²) in [5, 5.41) is 9.67. The topological polar surface area (TPSA) is 67.3 Å². The van der Waals surface area contributed by atoms with E-state index in [9.17, 15) is 0 Å². The van der Waals surface area contributed by atoms with Crippen molar-refractivity contribution in [1.29, 1.82) is 0 Å². The van der Waals surface area contributed by atoms with Crippen LogP contribution in [0.4, 0.5) is 5.69 Å². The largest absolute Gasteiger partial charge is 0.456 e. The monoisotopic (exact) mass is 345 g/mol. The van der Waals surface area contributed by atoms with Crippen LogP contribution in [0.2, 0.25) is 0 Å². The molecule has 0 bridgehead atoms. The number of hydrogen-bond acceptors (Lipinski definition) is 2. The highest BCUT2D eigenvalue weighted by atomic mass is 32.2. The molecule has 0 amide bonds. The predicted molar refractivity (Wildman–Crippen MR) is 104 cm³/mol. The SMILES string of the molecule is NS(=Nc1c[nH]c2ccccc12)c1ccc2c(c1)oc1ccccc12. The van der Waals surface area contributed by atoms with Crippen LogP contribution in [-0.2, 0) is 10.9 Å². The Kier molecular flexibility index (Phi) is 3.23. The number of H-pyrrole nitrogens is 1. The Hall–Kier alpha value is -2.89. The normalized spacial score (nSPS) is 13.2. The average molecular weight is 345 g/mol. The zero-order valence-corrected chi connectivity index (χ0v) is 14.1. The molecule has 122 valence electrons. The quantitative estimate of drug-likeness (QED) is 0.448. The third-order valence-electron chi connectivity index (χ3n) is 4.36. The van der Waals surface area contributed by atoms with Crippen LogP contribution in [0.5, 0.6) is 0 Å². The number of para-hydroxylation sites is 2. The van der Waals surface area contributed by atoms with E-state index < -0.39 is 10.9 Å². The second-order valence-corrected chi connectivity index (χ2v) is 7.16. The van der Waals surface area contributed by atoms with Crippen molar-refractivity contribution in [2.24, 2.45) is 9.50 Å². The van der Waals surface area contributed by atoms with Crippen molar-refractivity contribution in [3.8, 4) is 0 Å². The van der Waals surface area contributed by atoms with Gasteiger partial charge in [0.1, 0.15) is 11.2 Å². The standard InChI is InChI=1S/C20H15N3OS/c21-25(23-18-12-22-17-7-3-1-6-16(17)18)13-9-10-15-14-5-2-4-8-19(14)24-20(15)11-13/h1-12,22H,(H2,21,23). The van der Waals surface area contributed by atoms with Gasteiger partial charge in [-0.3, -0.25) is 5.14 Å². The van der Waals surface area contributed by atoms with Crippen LogP contribution in [0.1, 0.15) is 0 Å². The number of benzene rings is 3. The van der Waals surface area contributed by atoms with Crippen molar-refractivity contribution in [2.75, 3.05) is 0 Å². The minimum Gasteiger partial charge on any atom is -0.456 e. The Bertz CT molecular complexity index is 1270. The number of fused-ring (bicyclic) bond motifs is 4. The van der Waals surface area contributed by atoms with Gasteiger partial charge in [0, 0.05) is 43.6 Å². The molecule has 0 saturated heterocycles. The van der Waals surface area contributed by atoms with E-state index in [1.807, 2.05) is 60.8 Å². The molecule has 0 spiro atoms. The average Bonchev–Trinajstić information content (AvgIpc) is 3.22. The van der Waals surface area contributed by atoms with Gasteiger partial charge in [-0.1, -0.05) is 36.4 Å². The van der Waals surface area contributed by atoms with Gasteiger partial charge in [-0.25, -0.2) is 4.36 Å². The fraction of sp³-hybridized carbons (Fsp3) is 0. The molecular formula is C20H15N3OS. The maximum Gasteiger partial charge on any atom is 0.136 e. The van der Waals surface area contributed by atoms with E-state index in [1.54, 1.807) is 0 Å². The van der Waals surface area contributed by atoms with Gasteiger partial charge in [0.25, 0.3) is 0 Å². The number of rotatable bonds is 2. The smallest absolute Gasteiger partial charge is 0.136 e. The Balaban J connectivity index is 1.63. The van der Waals surface area contributed by atoms with Crippen LogP contribution in [-0.4, -0.2) is 4.98 Å². The first-order valence-corrected chi connectivity index (χ1v) is 9.22. The van der Waals surface area contributed by atoms with Crippen molar-refractivity contribution >= 4 is 49.4 Å². The maximum absolute atomic E-state index is 6.37. The summed E-state index contributed by atoms with van der Waals surface area (Å²) in [7, 11) is -0.751. The van der Waals surface area contributed by atoms with Crippen molar-refractivity contribution < 1.29 is 4.42 Å².